The molecule has 102 valence electrons. The van der Waals surface area contributed by atoms with Crippen molar-refractivity contribution in [2.75, 3.05) is 27.8 Å². The lowest BCUT2D eigenvalue weighted by molar-refractivity contribution is -0.129. The van der Waals surface area contributed by atoms with Crippen LogP contribution in [0.1, 0.15) is 12.0 Å². The Kier molecular flexibility index (Phi) is 5.68. The van der Waals surface area contributed by atoms with Crippen molar-refractivity contribution in [2.24, 2.45) is 0 Å². The summed E-state index contributed by atoms with van der Waals surface area (Å²) in [6, 6.07) is 7.36. The molecule has 0 saturated heterocycles. The standard InChI is InChI=1S/C14H18N2O3/c1-16(8-4-7-15)14(17)10-11-9-12(18-2)5-6-13(11)19-3/h5-6,9H,4,8,10H2,1-3H3. The van der Waals surface area contributed by atoms with Crippen molar-refractivity contribution in [1.82, 2.24) is 4.90 Å². The molecule has 0 heterocycles. The molecule has 0 saturated carbocycles. The number of likely N-dealkylation sites (N-methyl/N-ethyl adjacent to an activating group) is 1. The summed E-state index contributed by atoms with van der Waals surface area (Å²) in [5, 5.41) is 8.51. The highest BCUT2D eigenvalue weighted by Crippen LogP contribution is 2.24. The quantitative estimate of drug-likeness (QED) is 0.781. The third-order valence-electron chi connectivity index (χ3n) is 2.81. The molecule has 0 unspecified atom stereocenters. The Morgan fingerprint density at radius 2 is 2.11 bits per heavy atom. The van der Waals surface area contributed by atoms with Gasteiger partial charge in [-0.2, -0.15) is 5.26 Å². The summed E-state index contributed by atoms with van der Waals surface area (Å²) in [6.45, 7) is 0.432. The van der Waals surface area contributed by atoms with Crippen molar-refractivity contribution in [1.29, 1.82) is 5.26 Å². The molecule has 0 aliphatic heterocycles. The molecule has 5 heteroatoms. The Morgan fingerprint density at radius 1 is 1.37 bits per heavy atom. The van der Waals surface area contributed by atoms with Gasteiger partial charge in [0.2, 0.25) is 5.91 Å². The third kappa shape index (κ3) is 4.18. The maximum absolute atomic E-state index is 12.0. The van der Waals surface area contributed by atoms with Crippen LogP contribution in [0.5, 0.6) is 11.5 Å². The number of amides is 1. The zero-order chi connectivity index (χ0) is 14.3. The van der Waals surface area contributed by atoms with Crippen LogP contribution < -0.4 is 9.47 Å². The predicted octanol–water partition coefficient (Wildman–Crippen LogP) is 1.62. The fourth-order valence-corrected chi connectivity index (χ4v) is 1.66. The predicted molar refractivity (Wildman–Crippen MR) is 71.1 cm³/mol. The molecule has 1 aromatic carbocycles. The second kappa shape index (κ2) is 7.27. The lowest BCUT2D eigenvalue weighted by Crippen LogP contribution is -2.29. The highest BCUT2D eigenvalue weighted by Gasteiger charge is 2.13. The smallest absolute Gasteiger partial charge is 0.226 e. The lowest BCUT2D eigenvalue weighted by Gasteiger charge is -2.17. The van der Waals surface area contributed by atoms with Gasteiger partial charge >= 0.3 is 0 Å². The molecule has 5 nitrogen and oxygen atoms in total. The van der Waals surface area contributed by atoms with Gasteiger partial charge in [-0.3, -0.25) is 4.79 Å². The SMILES string of the molecule is COc1ccc(OC)c(CC(=O)N(C)CCC#N)c1. The second-order valence-electron chi connectivity index (χ2n) is 4.08. The number of nitrogens with zero attached hydrogens (tertiary/aromatic N) is 2. The van der Waals surface area contributed by atoms with E-state index in [2.05, 4.69) is 0 Å². The monoisotopic (exact) mass is 262 g/mol. The molecule has 19 heavy (non-hydrogen) atoms. The van der Waals surface area contributed by atoms with Crippen LogP contribution in [-0.4, -0.2) is 38.6 Å². The summed E-state index contributed by atoms with van der Waals surface area (Å²) < 4.78 is 10.4. The Labute approximate surface area is 113 Å². The number of nitriles is 1. The minimum absolute atomic E-state index is 0.0539. The van der Waals surface area contributed by atoms with Gasteiger partial charge in [0, 0.05) is 19.2 Å². The fraction of sp³-hybridized carbons (Fsp3) is 0.429. The van der Waals surface area contributed by atoms with Crippen molar-refractivity contribution >= 4 is 5.91 Å². The molecule has 0 aliphatic rings. The van der Waals surface area contributed by atoms with Crippen LogP contribution in [0, 0.1) is 11.3 Å². The van der Waals surface area contributed by atoms with Gasteiger partial charge in [0.15, 0.2) is 0 Å². The summed E-state index contributed by atoms with van der Waals surface area (Å²) in [4.78, 5) is 13.6. The van der Waals surface area contributed by atoms with Gasteiger partial charge in [-0.25, -0.2) is 0 Å². The van der Waals surface area contributed by atoms with Gasteiger partial charge in [-0.05, 0) is 18.2 Å². The molecule has 0 N–H and O–H groups in total. The van der Waals surface area contributed by atoms with E-state index in [-0.39, 0.29) is 12.3 Å². The lowest BCUT2D eigenvalue weighted by atomic mass is 10.1. The zero-order valence-corrected chi connectivity index (χ0v) is 11.5. The van der Waals surface area contributed by atoms with E-state index in [1.165, 1.54) is 0 Å². The number of hydrogen-bond acceptors (Lipinski definition) is 4. The molecule has 1 amide bonds. The van der Waals surface area contributed by atoms with Crippen molar-refractivity contribution in [3.63, 3.8) is 0 Å². The number of carbonyl (C=O) groups excluding carboxylic acids is 1. The molecular formula is C14H18N2O3. The minimum atomic E-state index is -0.0539. The van der Waals surface area contributed by atoms with Crippen molar-refractivity contribution in [3.8, 4) is 17.6 Å². The van der Waals surface area contributed by atoms with E-state index in [1.54, 1.807) is 44.4 Å². The number of rotatable bonds is 6. The highest BCUT2D eigenvalue weighted by atomic mass is 16.5. The first-order chi connectivity index (χ1) is 9.12. The Morgan fingerprint density at radius 3 is 2.68 bits per heavy atom. The molecule has 0 aliphatic carbocycles. The third-order valence-corrected chi connectivity index (χ3v) is 2.81. The highest BCUT2D eigenvalue weighted by molar-refractivity contribution is 5.79. The summed E-state index contributed by atoms with van der Waals surface area (Å²) >= 11 is 0. The number of methoxy groups -OCH3 is 2. The number of carbonyl (C=O) groups is 1. The van der Waals surface area contributed by atoms with E-state index in [4.69, 9.17) is 14.7 Å². The van der Waals surface area contributed by atoms with Crippen molar-refractivity contribution in [2.45, 2.75) is 12.8 Å². The molecule has 1 aromatic rings. The largest absolute Gasteiger partial charge is 0.497 e. The number of hydrogen-bond donors (Lipinski definition) is 0. The molecule has 0 aromatic heterocycles. The molecule has 0 atom stereocenters. The Balaban J connectivity index is 2.80. The van der Waals surface area contributed by atoms with E-state index in [0.29, 0.717) is 24.5 Å². The maximum atomic E-state index is 12.0. The summed E-state index contributed by atoms with van der Waals surface area (Å²) in [5.74, 6) is 1.29. The summed E-state index contributed by atoms with van der Waals surface area (Å²) in [5.41, 5.74) is 0.774. The van der Waals surface area contributed by atoms with Crippen LogP contribution in [-0.2, 0) is 11.2 Å². The van der Waals surface area contributed by atoms with Crippen LogP contribution >= 0.6 is 0 Å². The van der Waals surface area contributed by atoms with E-state index in [1.807, 2.05) is 6.07 Å². The maximum Gasteiger partial charge on any atom is 0.226 e. The summed E-state index contributed by atoms with van der Waals surface area (Å²) in [7, 11) is 4.83. The average Bonchev–Trinajstić information content (AvgIpc) is 2.44. The van der Waals surface area contributed by atoms with Crippen LogP contribution in [0.2, 0.25) is 0 Å². The van der Waals surface area contributed by atoms with Crippen LogP contribution in [0.25, 0.3) is 0 Å². The van der Waals surface area contributed by atoms with Crippen LogP contribution in [0.4, 0.5) is 0 Å². The average molecular weight is 262 g/mol. The van der Waals surface area contributed by atoms with Gasteiger partial charge < -0.3 is 14.4 Å². The summed E-state index contributed by atoms with van der Waals surface area (Å²) in [6.07, 6.45) is 0.555. The zero-order valence-electron chi connectivity index (χ0n) is 11.5. The Bertz CT molecular complexity index is 480. The van der Waals surface area contributed by atoms with E-state index in [9.17, 15) is 4.79 Å². The normalized spacial score (nSPS) is 9.58. The first kappa shape index (κ1) is 14.8. The van der Waals surface area contributed by atoms with E-state index in [0.717, 1.165) is 5.56 Å². The molecule has 0 bridgehead atoms. The number of ether oxygens (including phenoxy) is 2. The topological polar surface area (TPSA) is 62.6 Å². The molecule has 0 spiro atoms. The second-order valence-corrected chi connectivity index (χ2v) is 4.08. The Hall–Kier alpha value is -2.22. The van der Waals surface area contributed by atoms with Crippen molar-refractivity contribution < 1.29 is 14.3 Å². The molecule has 0 fully saturated rings. The van der Waals surface area contributed by atoms with Crippen molar-refractivity contribution in [3.05, 3.63) is 23.8 Å². The van der Waals surface area contributed by atoms with Gasteiger partial charge in [-0.1, -0.05) is 0 Å². The van der Waals surface area contributed by atoms with Gasteiger partial charge in [0.1, 0.15) is 11.5 Å². The van der Waals surface area contributed by atoms with Crippen LogP contribution in [0.15, 0.2) is 18.2 Å². The molecule has 0 radical (unpaired) electrons. The first-order valence-corrected chi connectivity index (χ1v) is 5.94. The van der Waals surface area contributed by atoms with Gasteiger partial charge in [-0.15, -0.1) is 0 Å². The minimum Gasteiger partial charge on any atom is -0.497 e. The fourth-order valence-electron chi connectivity index (χ4n) is 1.66. The molecule has 1 rings (SSSR count). The number of benzene rings is 1. The molecular weight excluding hydrogens is 244 g/mol. The van der Waals surface area contributed by atoms with Crippen LogP contribution in [0.3, 0.4) is 0 Å². The van der Waals surface area contributed by atoms with Gasteiger partial charge in [0.05, 0.1) is 33.1 Å². The van der Waals surface area contributed by atoms with E-state index < -0.39 is 0 Å². The van der Waals surface area contributed by atoms with E-state index >= 15 is 0 Å². The first-order valence-electron chi connectivity index (χ1n) is 5.94. The van der Waals surface area contributed by atoms with Gasteiger partial charge in [0.25, 0.3) is 0 Å².